The molecule has 4 fully saturated rings. The van der Waals surface area contributed by atoms with Crippen LogP contribution in [0.25, 0.3) is 55.2 Å². The lowest BCUT2D eigenvalue weighted by atomic mass is 9.80. The molecule has 2 aliphatic heterocycles. The Bertz CT molecular complexity index is 2560. The molecule has 6 aromatic rings. The van der Waals surface area contributed by atoms with Gasteiger partial charge in [-0.3, -0.25) is 9.80 Å². The van der Waals surface area contributed by atoms with E-state index in [-0.39, 0.29) is 36.4 Å². The van der Waals surface area contributed by atoms with Crippen LogP contribution in [0.5, 0.6) is 0 Å². The van der Waals surface area contributed by atoms with Gasteiger partial charge in [0.15, 0.2) is 0 Å². The van der Waals surface area contributed by atoms with Crippen LogP contribution in [-0.4, -0.2) is 65.2 Å². The number of hydrogen-bond donors (Lipinski definition) is 2. The molecule has 10 heteroatoms. The van der Waals surface area contributed by atoms with E-state index in [1.54, 1.807) is 0 Å². The van der Waals surface area contributed by atoms with Crippen molar-refractivity contribution in [3.05, 3.63) is 96.8 Å². The fraction of sp³-hybridized carbons (Fsp3) is 0.404. The molecule has 2 saturated carbocycles. The number of piperidine rings is 1. The lowest BCUT2D eigenvalue weighted by molar-refractivity contribution is 0.00472. The van der Waals surface area contributed by atoms with Gasteiger partial charge in [-0.25, -0.2) is 19.6 Å². The summed E-state index contributed by atoms with van der Waals surface area (Å²) in [5, 5.41) is 4.62. The van der Waals surface area contributed by atoms with E-state index < -0.39 is 11.2 Å². The first kappa shape index (κ1) is 35.8. The zero-order valence-corrected chi connectivity index (χ0v) is 33.5. The molecule has 0 spiro atoms. The summed E-state index contributed by atoms with van der Waals surface area (Å²) in [6, 6.07) is 26.5. The van der Waals surface area contributed by atoms with Gasteiger partial charge < -0.3 is 19.4 Å². The van der Waals surface area contributed by atoms with Crippen LogP contribution in [0, 0.1) is 11.8 Å². The Hall–Kier alpha value is -5.64. The zero-order valence-electron chi connectivity index (χ0n) is 33.5. The number of carbonyl (C=O) groups is 2. The quantitative estimate of drug-likeness (QED) is 0.181. The molecule has 10 nitrogen and oxygen atoms in total. The summed E-state index contributed by atoms with van der Waals surface area (Å²) in [5.74, 6) is 2.68. The molecule has 2 N–H and O–H groups in total. The molecule has 292 valence electrons. The molecular formula is C47H50N6O4. The summed E-state index contributed by atoms with van der Waals surface area (Å²) in [5.41, 5.74) is 5.24. The molecule has 0 radical (unpaired) electrons. The number of ether oxygens (including phenoxy) is 2. The van der Waals surface area contributed by atoms with E-state index in [4.69, 9.17) is 19.4 Å². The topological polar surface area (TPSA) is 116 Å². The first-order valence-corrected chi connectivity index (χ1v) is 20.5. The standard InChI is InChI=1S/C47H50N6O4/c1-46(2,3)56-44(54)52-38-16-15-34(38)21-40(52)42-48-24-36(50-42)32-13-11-28-17-26(7-9-30(28)19-32)27-8-10-31-20-33(14-12-29(31)18-27)37-25-49-43(51-37)41-23-35-22-39(35)53(41)45(55)57-47(4,5)6/h7-14,17-20,24-25,34-35,38-41H,15-16,21-23H2,1-6H3,(H,48,50)(H,49,51)/t34-,35-,38-,39-,40+,41+/m1/s1. The van der Waals surface area contributed by atoms with Gasteiger partial charge in [0, 0.05) is 23.2 Å². The lowest BCUT2D eigenvalue weighted by Crippen LogP contribution is -2.46. The highest BCUT2D eigenvalue weighted by Gasteiger charge is 2.56. The van der Waals surface area contributed by atoms with E-state index in [1.807, 2.05) is 63.7 Å². The second-order valence-electron chi connectivity index (χ2n) is 18.7. The van der Waals surface area contributed by atoms with Crippen molar-refractivity contribution in [3.63, 3.8) is 0 Å². The number of likely N-dealkylation sites (tertiary alicyclic amines) is 2. The van der Waals surface area contributed by atoms with Crippen molar-refractivity contribution in [2.45, 2.75) is 109 Å². The summed E-state index contributed by atoms with van der Waals surface area (Å²) in [4.78, 5) is 46.9. The first-order chi connectivity index (χ1) is 27.2. The molecule has 2 amide bonds. The number of H-pyrrole nitrogens is 2. The third-order valence-electron chi connectivity index (χ3n) is 12.4. The summed E-state index contributed by atoms with van der Waals surface area (Å²) in [7, 11) is 0. The van der Waals surface area contributed by atoms with Gasteiger partial charge in [0.1, 0.15) is 22.9 Å². The normalized spacial score (nSPS) is 24.0. The molecule has 4 aromatic carbocycles. The smallest absolute Gasteiger partial charge is 0.411 e. The predicted molar refractivity (Wildman–Crippen MR) is 221 cm³/mol. The largest absolute Gasteiger partial charge is 0.444 e. The molecule has 0 bridgehead atoms. The number of aromatic nitrogens is 4. The van der Waals surface area contributed by atoms with Gasteiger partial charge in [-0.05, 0) is 142 Å². The van der Waals surface area contributed by atoms with Crippen LogP contribution in [-0.2, 0) is 9.47 Å². The minimum Gasteiger partial charge on any atom is -0.444 e. The van der Waals surface area contributed by atoms with Crippen LogP contribution < -0.4 is 0 Å². The predicted octanol–water partition coefficient (Wildman–Crippen LogP) is 11.0. The molecular weight excluding hydrogens is 713 g/mol. The van der Waals surface area contributed by atoms with Gasteiger partial charge >= 0.3 is 12.2 Å². The van der Waals surface area contributed by atoms with Gasteiger partial charge in [0.25, 0.3) is 0 Å². The average molecular weight is 763 g/mol. The monoisotopic (exact) mass is 762 g/mol. The molecule has 57 heavy (non-hydrogen) atoms. The Morgan fingerprint density at radius 2 is 0.982 bits per heavy atom. The number of benzene rings is 4. The third-order valence-corrected chi connectivity index (χ3v) is 12.4. The number of aromatic amines is 2. The maximum atomic E-state index is 13.3. The molecule has 10 rings (SSSR count). The fourth-order valence-corrected chi connectivity index (χ4v) is 9.41. The Balaban J connectivity index is 0.850. The molecule has 4 aliphatic rings. The van der Waals surface area contributed by atoms with Crippen LogP contribution in [0.2, 0.25) is 0 Å². The maximum absolute atomic E-state index is 13.3. The molecule has 0 unspecified atom stereocenters. The van der Waals surface area contributed by atoms with E-state index in [2.05, 4.69) is 82.8 Å². The SMILES string of the molecule is CC(C)(C)OC(=O)N1[C@@H]2CC[C@@H]2C[C@H]1c1ncc(-c2ccc3cc(-c4ccc5cc(-c6cnc([C@@H]7C[C@H]8C[C@H]8N7C(=O)OC(C)(C)C)[nH]6)ccc5c4)ccc3c2)[nH]1. The van der Waals surface area contributed by atoms with E-state index >= 15 is 0 Å². The number of nitrogens with one attached hydrogen (secondary N) is 2. The highest BCUT2D eigenvalue weighted by atomic mass is 16.6. The highest BCUT2D eigenvalue weighted by molar-refractivity contribution is 5.94. The molecule has 2 saturated heterocycles. The molecule has 4 heterocycles. The van der Waals surface area contributed by atoms with E-state index in [1.165, 1.54) is 0 Å². The van der Waals surface area contributed by atoms with Crippen molar-refractivity contribution < 1.29 is 19.1 Å². The van der Waals surface area contributed by atoms with Crippen LogP contribution in [0.4, 0.5) is 9.59 Å². The number of carbonyl (C=O) groups excluding carboxylic acids is 2. The minimum atomic E-state index is -0.542. The number of imidazole rings is 2. The molecule has 2 aliphatic carbocycles. The van der Waals surface area contributed by atoms with Crippen molar-refractivity contribution >= 4 is 33.7 Å². The summed E-state index contributed by atoms with van der Waals surface area (Å²) >= 11 is 0. The number of amides is 2. The summed E-state index contributed by atoms with van der Waals surface area (Å²) in [6.45, 7) is 11.5. The Morgan fingerprint density at radius 3 is 1.42 bits per heavy atom. The van der Waals surface area contributed by atoms with Crippen molar-refractivity contribution in [2.75, 3.05) is 0 Å². The van der Waals surface area contributed by atoms with Gasteiger partial charge in [0.2, 0.25) is 0 Å². The zero-order chi connectivity index (χ0) is 39.4. The highest BCUT2D eigenvalue weighted by Crippen LogP contribution is 2.54. The number of nitrogens with zero attached hydrogens (tertiary/aromatic N) is 4. The first-order valence-electron chi connectivity index (χ1n) is 20.5. The van der Waals surface area contributed by atoms with Gasteiger partial charge in [-0.2, -0.15) is 0 Å². The van der Waals surface area contributed by atoms with Gasteiger partial charge in [-0.15, -0.1) is 0 Å². The van der Waals surface area contributed by atoms with Crippen LogP contribution in [0.3, 0.4) is 0 Å². The molecule has 2 aromatic heterocycles. The van der Waals surface area contributed by atoms with E-state index in [0.29, 0.717) is 11.8 Å². The van der Waals surface area contributed by atoms with E-state index in [9.17, 15) is 9.59 Å². The van der Waals surface area contributed by atoms with Gasteiger partial charge in [-0.1, -0.05) is 48.5 Å². The van der Waals surface area contributed by atoms with Crippen molar-refractivity contribution in [2.24, 2.45) is 11.8 Å². The van der Waals surface area contributed by atoms with Gasteiger partial charge in [0.05, 0.1) is 35.9 Å². The van der Waals surface area contributed by atoms with Crippen LogP contribution >= 0.6 is 0 Å². The second kappa shape index (κ2) is 12.9. The van der Waals surface area contributed by atoms with E-state index in [0.717, 1.165) is 98.9 Å². The van der Waals surface area contributed by atoms with Crippen molar-refractivity contribution in [1.29, 1.82) is 0 Å². The Morgan fingerprint density at radius 1 is 0.561 bits per heavy atom. The van der Waals surface area contributed by atoms with Crippen LogP contribution in [0.1, 0.15) is 97.4 Å². The Kier molecular flexibility index (Phi) is 8.12. The molecule has 6 atom stereocenters. The average Bonchev–Trinajstić information content (AvgIpc) is 3.57. The third kappa shape index (κ3) is 6.62. The second-order valence-corrected chi connectivity index (χ2v) is 18.7. The summed E-state index contributed by atoms with van der Waals surface area (Å²) < 4.78 is 11.6. The van der Waals surface area contributed by atoms with Crippen molar-refractivity contribution in [1.82, 2.24) is 29.7 Å². The lowest BCUT2D eigenvalue weighted by Gasteiger charge is -2.37. The number of hydrogen-bond acceptors (Lipinski definition) is 6. The Labute approximate surface area is 333 Å². The summed E-state index contributed by atoms with van der Waals surface area (Å²) in [6.07, 6.45) is 8.32. The maximum Gasteiger partial charge on any atom is 0.411 e. The number of fused-ring (bicyclic) bond motifs is 4. The van der Waals surface area contributed by atoms with Crippen LogP contribution in [0.15, 0.2) is 85.2 Å². The fourth-order valence-electron chi connectivity index (χ4n) is 9.41. The minimum absolute atomic E-state index is 0.0948. The number of rotatable bonds is 5. The van der Waals surface area contributed by atoms with Crippen molar-refractivity contribution in [3.8, 4) is 33.6 Å².